The van der Waals surface area contributed by atoms with Crippen molar-refractivity contribution in [3.63, 3.8) is 0 Å². The molecule has 0 saturated heterocycles. The maximum atomic E-state index is 11.9. The molecule has 3 nitrogen and oxygen atoms in total. The molecule has 0 saturated carbocycles. The highest BCUT2D eigenvalue weighted by atomic mass is 32.2. The zero-order valence-corrected chi connectivity index (χ0v) is 9.49. The molecule has 0 radical (unpaired) electrons. The highest BCUT2D eigenvalue weighted by molar-refractivity contribution is 7.84. The van der Waals surface area contributed by atoms with Gasteiger partial charge in [0.05, 0.1) is 0 Å². The molecule has 0 amide bonds. The van der Waals surface area contributed by atoms with Crippen LogP contribution in [0.2, 0.25) is 0 Å². The van der Waals surface area contributed by atoms with Gasteiger partial charge >= 0.3 is 6.18 Å². The molecule has 0 heterocycles. The van der Waals surface area contributed by atoms with E-state index in [0.717, 1.165) is 0 Å². The molecule has 3 atom stereocenters. The van der Waals surface area contributed by atoms with Crippen LogP contribution in [-0.4, -0.2) is 46.2 Å². The third kappa shape index (κ3) is 7.75. The van der Waals surface area contributed by atoms with E-state index >= 15 is 0 Å². The van der Waals surface area contributed by atoms with Gasteiger partial charge in [-0.3, -0.25) is 4.21 Å². The van der Waals surface area contributed by atoms with Crippen LogP contribution in [0.3, 0.4) is 0 Å². The standard InChI is InChI=1S/C8H16F3NO2S/c1-6(3-4-15(2)14)12-5-7(13)8(9,10)11/h6-7,12-13H,3-5H2,1-2H3. The first-order valence-corrected chi connectivity index (χ1v) is 6.24. The molecule has 2 N–H and O–H groups in total. The van der Waals surface area contributed by atoms with Crippen molar-refractivity contribution in [2.75, 3.05) is 18.6 Å². The molecule has 0 aliphatic rings. The van der Waals surface area contributed by atoms with Crippen LogP contribution in [0.25, 0.3) is 0 Å². The average molecular weight is 247 g/mol. The molecular weight excluding hydrogens is 231 g/mol. The fraction of sp³-hybridized carbons (Fsp3) is 1.00. The van der Waals surface area contributed by atoms with Crippen LogP contribution in [0.5, 0.6) is 0 Å². The minimum Gasteiger partial charge on any atom is -0.382 e. The van der Waals surface area contributed by atoms with Gasteiger partial charge in [0.25, 0.3) is 0 Å². The van der Waals surface area contributed by atoms with Crippen molar-refractivity contribution < 1.29 is 22.5 Å². The van der Waals surface area contributed by atoms with E-state index < -0.39 is 29.6 Å². The second-order valence-electron chi connectivity index (χ2n) is 3.43. The molecule has 7 heteroatoms. The van der Waals surface area contributed by atoms with Crippen LogP contribution in [-0.2, 0) is 10.8 Å². The van der Waals surface area contributed by atoms with Crippen LogP contribution in [0.4, 0.5) is 13.2 Å². The Kier molecular flexibility index (Phi) is 6.38. The number of aliphatic hydroxyl groups excluding tert-OH is 1. The van der Waals surface area contributed by atoms with Crippen molar-refractivity contribution in [2.45, 2.75) is 31.7 Å². The molecule has 0 fully saturated rings. The summed E-state index contributed by atoms with van der Waals surface area (Å²) in [5.74, 6) is 0.441. The average Bonchev–Trinajstić information content (AvgIpc) is 2.09. The van der Waals surface area contributed by atoms with Crippen LogP contribution in [0, 0.1) is 0 Å². The van der Waals surface area contributed by atoms with Crippen molar-refractivity contribution >= 4 is 10.8 Å². The largest absolute Gasteiger partial charge is 0.415 e. The van der Waals surface area contributed by atoms with E-state index in [1.165, 1.54) is 6.26 Å². The van der Waals surface area contributed by atoms with Crippen LogP contribution >= 0.6 is 0 Å². The summed E-state index contributed by atoms with van der Waals surface area (Å²) in [6, 6.07) is -0.189. The topological polar surface area (TPSA) is 49.3 Å². The third-order valence-corrected chi connectivity index (χ3v) is 2.69. The van der Waals surface area contributed by atoms with Crippen molar-refractivity contribution in [2.24, 2.45) is 0 Å². The van der Waals surface area contributed by atoms with Crippen LogP contribution in [0.1, 0.15) is 13.3 Å². The Bertz CT molecular complexity index is 211. The summed E-state index contributed by atoms with van der Waals surface area (Å²) >= 11 is 0. The molecule has 0 rings (SSSR count). The van der Waals surface area contributed by atoms with Gasteiger partial charge in [0.2, 0.25) is 0 Å². The van der Waals surface area contributed by atoms with E-state index in [2.05, 4.69) is 5.32 Å². The van der Waals surface area contributed by atoms with Gasteiger partial charge in [-0.1, -0.05) is 0 Å². The minimum absolute atomic E-state index is 0.189. The molecule has 3 unspecified atom stereocenters. The molecule has 0 bridgehead atoms. The smallest absolute Gasteiger partial charge is 0.382 e. The van der Waals surface area contributed by atoms with Gasteiger partial charge in [-0.05, 0) is 13.3 Å². The van der Waals surface area contributed by atoms with E-state index in [1.54, 1.807) is 6.92 Å². The van der Waals surface area contributed by atoms with Crippen molar-refractivity contribution in [1.29, 1.82) is 0 Å². The molecule has 0 aromatic carbocycles. The fourth-order valence-corrected chi connectivity index (χ4v) is 1.56. The highest BCUT2D eigenvalue weighted by Gasteiger charge is 2.37. The first kappa shape index (κ1) is 14.9. The number of hydrogen-bond acceptors (Lipinski definition) is 3. The normalized spacial score (nSPS) is 18.5. The second kappa shape index (κ2) is 6.44. The third-order valence-electron chi connectivity index (χ3n) is 1.88. The lowest BCUT2D eigenvalue weighted by atomic mass is 10.2. The molecule has 92 valence electrons. The fourth-order valence-electron chi connectivity index (χ4n) is 0.873. The van der Waals surface area contributed by atoms with Crippen LogP contribution < -0.4 is 5.32 Å². The minimum atomic E-state index is -4.58. The molecule has 0 aromatic heterocycles. The molecule has 0 spiro atoms. The Hall–Kier alpha value is -0.140. The SMILES string of the molecule is CC(CCS(C)=O)NCC(O)C(F)(F)F. The van der Waals surface area contributed by atoms with E-state index in [0.29, 0.717) is 12.2 Å². The Morgan fingerprint density at radius 1 is 1.47 bits per heavy atom. The number of rotatable bonds is 6. The van der Waals surface area contributed by atoms with Crippen molar-refractivity contribution in [3.05, 3.63) is 0 Å². The summed E-state index contributed by atoms with van der Waals surface area (Å²) in [7, 11) is -0.942. The van der Waals surface area contributed by atoms with E-state index in [-0.39, 0.29) is 6.04 Å². The number of aliphatic hydroxyl groups is 1. The van der Waals surface area contributed by atoms with Gasteiger partial charge in [0, 0.05) is 35.4 Å². The van der Waals surface area contributed by atoms with Gasteiger partial charge in [-0.2, -0.15) is 13.2 Å². The van der Waals surface area contributed by atoms with Gasteiger partial charge in [0.15, 0.2) is 6.10 Å². The zero-order chi connectivity index (χ0) is 12.1. The van der Waals surface area contributed by atoms with Gasteiger partial charge in [0.1, 0.15) is 0 Å². The summed E-state index contributed by atoms with van der Waals surface area (Å²) in [6.45, 7) is 1.16. The lowest BCUT2D eigenvalue weighted by molar-refractivity contribution is -0.202. The first-order valence-electron chi connectivity index (χ1n) is 4.51. The molecular formula is C8H16F3NO2S. The number of nitrogens with one attached hydrogen (secondary N) is 1. The lowest BCUT2D eigenvalue weighted by Crippen LogP contribution is -2.41. The van der Waals surface area contributed by atoms with Crippen LogP contribution in [0.15, 0.2) is 0 Å². The first-order chi connectivity index (χ1) is 6.73. The zero-order valence-electron chi connectivity index (χ0n) is 8.67. The van der Waals surface area contributed by atoms with Crippen molar-refractivity contribution in [3.8, 4) is 0 Å². The lowest BCUT2D eigenvalue weighted by Gasteiger charge is -2.18. The second-order valence-corrected chi connectivity index (χ2v) is 4.99. The predicted octanol–water partition coefficient (Wildman–Crippen LogP) is 0.656. The Morgan fingerprint density at radius 2 is 2.00 bits per heavy atom. The molecule has 0 aliphatic carbocycles. The molecule has 0 aromatic rings. The molecule has 15 heavy (non-hydrogen) atoms. The Balaban J connectivity index is 3.71. The highest BCUT2D eigenvalue weighted by Crippen LogP contribution is 2.19. The van der Waals surface area contributed by atoms with Gasteiger partial charge in [-0.25, -0.2) is 0 Å². The maximum Gasteiger partial charge on any atom is 0.415 e. The summed E-state index contributed by atoms with van der Waals surface area (Å²) in [4.78, 5) is 0. The van der Waals surface area contributed by atoms with E-state index in [1.807, 2.05) is 0 Å². The maximum absolute atomic E-state index is 11.9. The summed E-state index contributed by atoms with van der Waals surface area (Å²) in [6.07, 6.45) is -4.86. The van der Waals surface area contributed by atoms with Gasteiger partial charge in [-0.15, -0.1) is 0 Å². The monoisotopic (exact) mass is 247 g/mol. The molecule has 0 aliphatic heterocycles. The van der Waals surface area contributed by atoms with Gasteiger partial charge < -0.3 is 10.4 Å². The number of alkyl halides is 3. The number of halogens is 3. The van der Waals surface area contributed by atoms with Crippen molar-refractivity contribution in [1.82, 2.24) is 5.32 Å². The summed E-state index contributed by atoms with van der Waals surface area (Å²) < 4.78 is 46.3. The Labute approximate surface area is 89.5 Å². The Morgan fingerprint density at radius 3 is 2.40 bits per heavy atom. The summed E-state index contributed by atoms with van der Waals surface area (Å²) in [5.41, 5.74) is 0. The number of hydrogen-bond donors (Lipinski definition) is 2. The quantitative estimate of drug-likeness (QED) is 0.725. The summed E-state index contributed by atoms with van der Waals surface area (Å²) in [5, 5.41) is 11.2. The van der Waals surface area contributed by atoms with E-state index in [9.17, 15) is 17.4 Å². The predicted molar refractivity (Wildman–Crippen MR) is 53.1 cm³/mol. The van der Waals surface area contributed by atoms with E-state index in [4.69, 9.17) is 5.11 Å².